The average Bonchev–Trinajstić information content (AvgIpc) is 2.70. The zero-order valence-corrected chi connectivity index (χ0v) is 15.4. The van der Waals surface area contributed by atoms with Crippen LogP contribution in [0, 0.1) is 0 Å². The van der Waals surface area contributed by atoms with Crippen LogP contribution in [0.5, 0.6) is 5.75 Å². The maximum atomic E-state index is 12.5. The van der Waals surface area contributed by atoms with Gasteiger partial charge in [0.15, 0.2) is 0 Å². The van der Waals surface area contributed by atoms with Crippen molar-refractivity contribution in [3.8, 4) is 5.75 Å². The molecule has 1 aliphatic rings. The van der Waals surface area contributed by atoms with Crippen LogP contribution >= 0.6 is 0 Å². The Morgan fingerprint density at radius 2 is 1.69 bits per heavy atom. The molecule has 2 aromatic carbocycles. The van der Waals surface area contributed by atoms with Crippen molar-refractivity contribution < 1.29 is 9.53 Å². The number of rotatable bonds is 7. The van der Waals surface area contributed by atoms with Gasteiger partial charge in [0, 0.05) is 44.8 Å². The van der Waals surface area contributed by atoms with Crippen molar-refractivity contribution >= 4 is 17.3 Å². The third kappa shape index (κ3) is 4.69. The smallest absolute Gasteiger partial charge is 0.224 e. The molecule has 1 fully saturated rings. The Balaban J connectivity index is 1.44. The molecule has 3 rings (SSSR count). The van der Waals surface area contributed by atoms with Gasteiger partial charge in [0.1, 0.15) is 5.75 Å². The van der Waals surface area contributed by atoms with Gasteiger partial charge in [0.25, 0.3) is 0 Å². The lowest BCUT2D eigenvalue weighted by atomic mass is 10.2. The fourth-order valence-electron chi connectivity index (χ4n) is 3.21. The van der Waals surface area contributed by atoms with Gasteiger partial charge in [-0.05, 0) is 31.2 Å². The van der Waals surface area contributed by atoms with Gasteiger partial charge in [-0.3, -0.25) is 4.79 Å². The molecule has 138 valence electrons. The summed E-state index contributed by atoms with van der Waals surface area (Å²) in [5.41, 5.74) is 2.17. The molecule has 0 aromatic heterocycles. The second kappa shape index (κ2) is 9.13. The van der Waals surface area contributed by atoms with E-state index >= 15 is 0 Å². The van der Waals surface area contributed by atoms with Crippen LogP contribution in [0.25, 0.3) is 0 Å². The van der Waals surface area contributed by atoms with E-state index in [1.165, 1.54) is 5.69 Å². The van der Waals surface area contributed by atoms with Gasteiger partial charge in [-0.2, -0.15) is 0 Å². The van der Waals surface area contributed by atoms with Gasteiger partial charge in [0.05, 0.1) is 12.3 Å². The van der Waals surface area contributed by atoms with Gasteiger partial charge < -0.3 is 19.9 Å². The van der Waals surface area contributed by atoms with Gasteiger partial charge >= 0.3 is 0 Å². The Bertz CT molecular complexity index is 697. The summed E-state index contributed by atoms with van der Waals surface area (Å²) in [6.45, 7) is 6.54. The first-order valence-corrected chi connectivity index (χ1v) is 9.31. The maximum absolute atomic E-state index is 12.5. The molecule has 0 unspecified atom stereocenters. The fraction of sp³-hybridized carbons (Fsp3) is 0.381. The van der Waals surface area contributed by atoms with Crippen molar-refractivity contribution in [2.75, 3.05) is 49.5 Å². The highest BCUT2D eigenvalue weighted by atomic mass is 16.5. The SMILES string of the molecule is CCOc1ccccc1NCCC(=O)N1CCN(c2ccccc2)CC1. The third-order valence-corrected chi connectivity index (χ3v) is 4.59. The lowest BCUT2D eigenvalue weighted by molar-refractivity contribution is -0.131. The number of carbonyl (C=O) groups is 1. The topological polar surface area (TPSA) is 44.8 Å². The van der Waals surface area contributed by atoms with Crippen LogP contribution < -0.4 is 15.0 Å². The number of amides is 1. The maximum Gasteiger partial charge on any atom is 0.224 e. The fourth-order valence-corrected chi connectivity index (χ4v) is 3.21. The van der Waals surface area contributed by atoms with Crippen molar-refractivity contribution in [3.63, 3.8) is 0 Å². The first kappa shape index (κ1) is 18.1. The minimum Gasteiger partial charge on any atom is -0.492 e. The molecule has 0 spiro atoms. The molecule has 1 saturated heterocycles. The van der Waals surface area contributed by atoms with E-state index in [4.69, 9.17) is 4.74 Å². The summed E-state index contributed by atoms with van der Waals surface area (Å²) in [5.74, 6) is 1.04. The van der Waals surface area contributed by atoms with Crippen molar-refractivity contribution in [3.05, 3.63) is 54.6 Å². The summed E-state index contributed by atoms with van der Waals surface area (Å²) in [4.78, 5) is 16.8. The average molecular weight is 353 g/mol. The molecular formula is C21H27N3O2. The molecule has 1 aliphatic heterocycles. The van der Waals surface area contributed by atoms with Crippen LogP contribution in [0.15, 0.2) is 54.6 Å². The number of hydrogen-bond donors (Lipinski definition) is 1. The molecule has 2 aromatic rings. The summed E-state index contributed by atoms with van der Waals surface area (Å²) >= 11 is 0. The van der Waals surface area contributed by atoms with E-state index in [1.807, 2.05) is 42.2 Å². The zero-order valence-electron chi connectivity index (χ0n) is 15.4. The van der Waals surface area contributed by atoms with E-state index in [0.717, 1.165) is 37.6 Å². The number of nitrogens with zero attached hydrogens (tertiary/aromatic N) is 2. The highest BCUT2D eigenvalue weighted by molar-refractivity contribution is 5.77. The number of anilines is 2. The molecule has 0 bridgehead atoms. The molecule has 1 N–H and O–H groups in total. The largest absolute Gasteiger partial charge is 0.492 e. The van der Waals surface area contributed by atoms with E-state index < -0.39 is 0 Å². The normalized spacial score (nSPS) is 14.2. The van der Waals surface area contributed by atoms with Crippen LogP contribution in [0.2, 0.25) is 0 Å². The first-order chi connectivity index (χ1) is 12.8. The molecule has 1 amide bonds. The van der Waals surface area contributed by atoms with E-state index in [1.54, 1.807) is 0 Å². The summed E-state index contributed by atoms with van der Waals surface area (Å²) in [7, 11) is 0. The number of benzene rings is 2. The first-order valence-electron chi connectivity index (χ1n) is 9.31. The Kier molecular flexibility index (Phi) is 6.36. The van der Waals surface area contributed by atoms with Gasteiger partial charge in [-0.25, -0.2) is 0 Å². The van der Waals surface area contributed by atoms with E-state index in [-0.39, 0.29) is 5.91 Å². The number of nitrogens with one attached hydrogen (secondary N) is 1. The monoisotopic (exact) mass is 353 g/mol. The second-order valence-electron chi connectivity index (χ2n) is 6.31. The van der Waals surface area contributed by atoms with Crippen LogP contribution in [0.3, 0.4) is 0 Å². The number of hydrogen-bond acceptors (Lipinski definition) is 4. The minimum atomic E-state index is 0.208. The molecule has 0 radical (unpaired) electrons. The summed E-state index contributed by atoms with van der Waals surface area (Å²) in [5, 5.41) is 3.32. The van der Waals surface area contributed by atoms with Crippen molar-refractivity contribution in [1.29, 1.82) is 0 Å². The molecule has 0 aliphatic carbocycles. The van der Waals surface area contributed by atoms with Crippen molar-refractivity contribution in [2.24, 2.45) is 0 Å². The predicted octanol–water partition coefficient (Wildman–Crippen LogP) is 3.24. The standard InChI is InChI=1S/C21H27N3O2/c1-2-26-20-11-7-6-10-19(20)22-13-12-21(25)24-16-14-23(15-17-24)18-8-4-3-5-9-18/h3-11,22H,2,12-17H2,1H3. The molecule has 0 saturated carbocycles. The minimum absolute atomic E-state index is 0.208. The Morgan fingerprint density at radius 3 is 2.42 bits per heavy atom. The number of ether oxygens (including phenoxy) is 1. The number of para-hydroxylation sites is 3. The second-order valence-corrected chi connectivity index (χ2v) is 6.31. The molecule has 26 heavy (non-hydrogen) atoms. The quantitative estimate of drug-likeness (QED) is 0.830. The summed E-state index contributed by atoms with van der Waals surface area (Å²) < 4.78 is 5.60. The van der Waals surface area contributed by atoms with Crippen LogP contribution in [0.4, 0.5) is 11.4 Å². The molecule has 5 nitrogen and oxygen atoms in total. The Labute approximate surface area is 155 Å². The van der Waals surface area contributed by atoms with E-state index in [9.17, 15) is 4.79 Å². The third-order valence-electron chi connectivity index (χ3n) is 4.59. The predicted molar refractivity (Wildman–Crippen MR) is 106 cm³/mol. The number of carbonyl (C=O) groups excluding carboxylic acids is 1. The van der Waals surface area contributed by atoms with Gasteiger partial charge in [-0.1, -0.05) is 30.3 Å². The molecule has 0 atom stereocenters. The Hall–Kier alpha value is -2.69. The molecule has 5 heteroatoms. The highest BCUT2D eigenvalue weighted by Gasteiger charge is 2.20. The van der Waals surface area contributed by atoms with Crippen LogP contribution in [-0.4, -0.2) is 50.1 Å². The van der Waals surface area contributed by atoms with Crippen LogP contribution in [-0.2, 0) is 4.79 Å². The highest BCUT2D eigenvalue weighted by Crippen LogP contribution is 2.23. The molecule has 1 heterocycles. The van der Waals surface area contributed by atoms with E-state index in [0.29, 0.717) is 19.6 Å². The lowest BCUT2D eigenvalue weighted by Gasteiger charge is -2.36. The molecular weight excluding hydrogens is 326 g/mol. The van der Waals surface area contributed by atoms with E-state index in [2.05, 4.69) is 34.5 Å². The number of piperazine rings is 1. The lowest BCUT2D eigenvalue weighted by Crippen LogP contribution is -2.49. The van der Waals surface area contributed by atoms with Crippen molar-refractivity contribution in [1.82, 2.24) is 4.90 Å². The van der Waals surface area contributed by atoms with Gasteiger partial charge in [0.2, 0.25) is 5.91 Å². The summed E-state index contributed by atoms with van der Waals surface area (Å²) in [6.07, 6.45) is 0.492. The Morgan fingerprint density at radius 1 is 1.00 bits per heavy atom. The van der Waals surface area contributed by atoms with Crippen molar-refractivity contribution in [2.45, 2.75) is 13.3 Å². The van der Waals surface area contributed by atoms with Crippen LogP contribution in [0.1, 0.15) is 13.3 Å². The zero-order chi connectivity index (χ0) is 18.2. The summed E-state index contributed by atoms with van der Waals surface area (Å²) in [6, 6.07) is 18.2. The van der Waals surface area contributed by atoms with Gasteiger partial charge in [-0.15, -0.1) is 0 Å².